The molecule has 13 heteroatoms. The first kappa shape index (κ1) is 29.4. The number of methoxy groups -OCH3 is 2. The maximum Gasteiger partial charge on any atom is 0.229 e. The number of aliphatic hydroxyl groups excluding tert-OH is 5. The summed E-state index contributed by atoms with van der Waals surface area (Å²) in [6.45, 7) is -0.675. The average Bonchev–Trinajstić information content (AvgIpc) is 3.02. The van der Waals surface area contributed by atoms with Crippen molar-refractivity contribution in [1.29, 1.82) is 0 Å². The van der Waals surface area contributed by atoms with E-state index in [0.29, 0.717) is 22.5 Å². The van der Waals surface area contributed by atoms with E-state index in [1.807, 2.05) is 0 Å². The van der Waals surface area contributed by atoms with Crippen molar-refractivity contribution in [3.8, 4) is 23.0 Å². The van der Waals surface area contributed by atoms with Crippen LogP contribution in [0, 0.1) is 0 Å². The lowest BCUT2D eigenvalue weighted by molar-refractivity contribution is -0.290. The molecule has 6 unspecified atom stereocenters. The largest absolute Gasteiger partial charge is 0.508 e. The van der Waals surface area contributed by atoms with Crippen molar-refractivity contribution in [3.63, 3.8) is 0 Å². The lowest BCUT2D eigenvalue weighted by Gasteiger charge is -2.41. The Kier molecular flexibility index (Phi) is 7.65. The molecule has 0 spiro atoms. The lowest BCUT2D eigenvalue weighted by Crippen LogP contribution is -2.59. The van der Waals surface area contributed by atoms with Crippen LogP contribution in [0.5, 0.6) is 23.0 Å². The van der Waals surface area contributed by atoms with Gasteiger partial charge >= 0.3 is 0 Å². The number of ether oxygens (including phenoxy) is 6. The molecule has 1 aliphatic carbocycles. The van der Waals surface area contributed by atoms with Crippen molar-refractivity contribution >= 4 is 11.5 Å². The van der Waals surface area contributed by atoms with Crippen molar-refractivity contribution in [3.05, 3.63) is 94.2 Å². The number of allylic oxidation sites excluding steroid dienone is 2. The van der Waals surface area contributed by atoms with E-state index in [1.54, 1.807) is 18.2 Å². The second-order valence-corrected chi connectivity index (χ2v) is 10.3. The van der Waals surface area contributed by atoms with E-state index in [0.717, 1.165) is 0 Å². The summed E-state index contributed by atoms with van der Waals surface area (Å²) < 4.78 is 35.1. The first-order valence-corrected chi connectivity index (χ1v) is 13.5. The number of aromatic hydroxyl groups is 2. The highest BCUT2D eigenvalue weighted by Gasteiger charge is 2.47. The standard InChI is InChI=1S/C31H30O13/c1-39-21-7-14(8-22(40-2)25(21)35)29-30(44-31-28(38)27(37)26(36)23(12-32)43-31)17-11-18(13-3-5-15(33)6-4-13)41-19-9-16(34)10-20(42-29)24(17)19/h3-11,20,23,26-28,31-38H,12H2,1-2H3. The van der Waals surface area contributed by atoms with Crippen LogP contribution >= 0.6 is 0 Å². The van der Waals surface area contributed by atoms with Gasteiger partial charge in [0, 0.05) is 28.9 Å². The molecule has 44 heavy (non-hydrogen) atoms. The maximum absolute atomic E-state index is 10.8. The Hall–Kier alpha value is -4.66. The number of aliphatic hydroxyl groups is 5. The molecule has 0 aromatic heterocycles. The number of hydrogen-bond acceptors (Lipinski definition) is 13. The van der Waals surface area contributed by atoms with E-state index in [9.17, 15) is 35.7 Å². The van der Waals surface area contributed by atoms with E-state index >= 15 is 0 Å². The van der Waals surface area contributed by atoms with Crippen LogP contribution in [0.15, 0.2) is 83.0 Å². The Morgan fingerprint density at radius 1 is 0.818 bits per heavy atom. The highest BCUT2D eigenvalue weighted by atomic mass is 16.7. The summed E-state index contributed by atoms with van der Waals surface area (Å²) >= 11 is 0. The van der Waals surface area contributed by atoms with Crippen molar-refractivity contribution in [2.24, 2.45) is 0 Å². The molecule has 4 aliphatic rings. The molecule has 6 rings (SSSR count). The second-order valence-electron chi connectivity index (χ2n) is 10.3. The van der Waals surface area contributed by atoms with Gasteiger partial charge in [-0.25, -0.2) is 0 Å². The lowest BCUT2D eigenvalue weighted by atomic mass is 9.88. The fraction of sp³-hybridized carbons (Fsp3) is 0.290. The molecule has 3 aliphatic heterocycles. The topological polar surface area (TPSA) is 197 Å². The third-order valence-electron chi connectivity index (χ3n) is 7.61. The fourth-order valence-corrected chi connectivity index (χ4v) is 5.34. The smallest absolute Gasteiger partial charge is 0.229 e. The van der Waals surface area contributed by atoms with E-state index < -0.39 is 43.4 Å². The van der Waals surface area contributed by atoms with Crippen LogP contribution < -0.4 is 9.47 Å². The van der Waals surface area contributed by atoms with Gasteiger partial charge in [-0.05, 0) is 42.5 Å². The molecule has 3 heterocycles. The minimum Gasteiger partial charge on any atom is -0.508 e. The number of rotatable bonds is 7. The van der Waals surface area contributed by atoms with Gasteiger partial charge in [-0.3, -0.25) is 0 Å². The zero-order chi connectivity index (χ0) is 31.3. The van der Waals surface area contributed by atoms with Crippen LogP contribution in [0.1, 0.15) is 11.1 Å². The average molecular weight is 611 g/mol. The van der Waals surface area contributed by atoms with E-state index in [-0.39, 0.29) is 51.6 Å². The molecule has 0 amide bonds. The van der Waals surface area contributed by atoms with Gasteiger partial charge in [0.1, 0.15) is 47.4 Å². The molecule has 2 aromatic rings. The van der Waals surface area contributed by atoms with Crippen LogP contribution in [-0.4, -0.2) is 93.4 Å². The van der Waals surface area contributed by atoms with Gasteiger partial charge in [-0.1, -0.05) is 0 Å². The minimum atomic E-state index is -1.75. The SMILES string of the molecule is COc1cc(C2=C(OC3OC(CO)C(O)C(O)C3O)C3=C4C(=CC(O)=CC4O2)OC(c2ccc(O)cc2)=C3)cc(OC)c1O. The van der Waals surface area contributed by atoms with Gasteiger partial charge in [-0.2, -0.15) is 0 Å². The Balaban J connectivity index is 1.57. The van der Waals surface area contributed by atoms with Gasteiger partial charge in [0.25, 0.3) is 0 Å². The fourth-order valence-electron chi connectivity index (χ4n) is 5.34. The summed E-state index contributed by atoms with van der Waals surface area (Å²) in [5.74, 6) is 0.260. The zero-order valence-corrected chi connectivity index (χ0v) is 23.4. The number of hydrogen-bond donors (Lipinski definition) is 7. The Morgan fingerprint density at radius 3 is 2.14 bits per heavy atom. The monoisotopic (exact) mass is 610 g/mol. The van der Waals surface area contributed by atoms with Crippen molar-refractivity contribution in [2.75, 3.05) is 20.8 Å². The van der Waals surface area contributed by atoms with Gasteiger partial charge < -0.3 is 64.2 Å². The van der Waals surface area contributed by atoms with Gasteiger partial charge in [-0.15, -0.1) is 0 Å². The predicted octanol–water partition coefficient (Wildman–Crippen LogP) is 1.71. The van der Waals surface area contributed by atoms with Crippen LogP contribution in [0.2, 0.25) is 0 Å². The third-order valence-corrected chi connectivity index (χ3v) is 7.61. The minimum absolute atomic E-state index is 0.0179. The Morgan fingerprint density at radius 2 is 1.50 bits per heavy atom. The summed E-state index contributed by atoms with van der Waals surface area (Å²) in [7, 11) is 2.70. The molecule has 0 bridgehead atoms. The third kappa shape index (κ3) is 5.00. The molecule has 2 aromatic carbocycles. The first-order chi connectivity index (χ1) is 21.1. The van der Waals surface area contributed by atoms with E-state index in [4.69, 9.17) is 28.4 Å². The van der Waals surface area contributed by atoms with Gasteiger partial charge in [0.05, 0.1) is 26.4 Å². The number of phenols is 2. The molecule has 0 saturated carbocycles. The Bertz CT molecular complexity index is 1590. The molecular weight excluding hydrogens is 580 g/mol. The molecule has 232 valence electrons. The molecule has 0 radical (unpaired) electrons. The Labute approximate surface area is 250 Å². The summed E-state index contributed by atoms with van der Waals surface area (Å²) in [6, 6.07) is 9.13. The van der Waals surface area contributed by atoms with Crippen molar-refractivity contribution in [1.82, 2.24) is 0 Å². The summed E-state index contributed by atoms with van der Waals surface area (Å²) in [4.78, 5) is 0. The molecule has 13 nitrogen and oxygen atoms in total. The highest BCUT2D eigenvalue weighted by molar-refractivity contribution is 5.80. The predicted molar refractivity (Wildman–Crippen MR) is 151 cm³/mol. The number of phenolic OH excluding ortho intramolecular Hbond substituents is 2. The van der Waals surface area contributed by atoms with Crippen molar-refractivity contribution in [2.45, 2.75) is 36.8 Å². The highest BCUT2D eigenvalue weighted by Crippen LogP contribution is 2.49. The second kappa shape index (κ2) is 11.4. The summed E-state index contributed by atoms with van der Waals surface area (Å²) in [5.41, 5.74) is 1.68. The zero-order valence-electron chi connectivity index (χ0n) is 23.4. The summed E-state index contributed by atoms with van der Waals surface area (Å²) in [5, 5.41) is 72.3. The van der Waals surface area contributed by atoms with Gasteiger partial charge in [0.15, 0.2) is 29.1 Å². The quantitative estimate of drug-likeness (QED) is 0.239. The molecule has 1 fully saturated rings. The van der Waals surface area contributed by atoms with E-state index in [2.05, 4.69) is 0 Å². The first-order valence-electron chi connectivity index (χ1n) is 13.5. The van der Waals surface area contributed by atoms with Crippen LogP contribution in [0.4, 0.5) is 0 Å². The molecule has 7 N–H and O–H groups in total. The molecular formula is C31H30O13. The number of benzene rings is 2. The van der Waals surface area contributed by atoms with Crippen LogP contribution in [0.3, 0.4) is 0 Å². The van der Waals surface area contributed by atoms with E-state index in [1.165, 1.54) is 50.6 Å². The van der Waals surface area contributed by atoms with Gasteiger partial charge in [0.2, 0.25) is 12.0 Å². The van der Waals surface area contributed by atoms with Crippen LogP contribution in [0.25, 0.3) is 11.5 Å². The maximum atomic E-state index is 10.8. The van der Waals surface area contributed by atoms with Crippen molar-refractivity contribution < 1.29 is 64.2 Å². The summed E-state index contributed by atoms with van der Waals surface area (Å²) in [6.07, 6.45) is -4.36. The molecule has 1 saturated heterocycles. The normalized spacial score (nSPS) is 27.7. The molecule has 6 atom stereocenters. The van der Waals surface area contributed by atoms with Crippen LogP contribution in [-0.2, 0) is 18.9 Å².